The van der Waals surface area contributed by atoms with Gasteiger partial charge in [-0.05, 0) is 37.8 Å². The number of nitrogens with two attached hydrogens (primary N) is 1. The first-order chi connectivity index (χ1) is 8.55. The summed E-state index contributed by atoms with van der Waals surface area (Å²) in [5, 5.41) is 10.3. The maximum absolute atomic E-state index is 10.3. The SMILES string of the molecule is COc1c(C2(CN)CCCC2)cc(C)c(C)c1O. The summed E-state index contributed by atoms with van der Waals surface area (Å²) in [7, 11) is 1.62. The number of aromatic hydroxyl groups is 1. The highest BCUT2D eigenvalue weighted by molar-refractivity contribution is 5.56. The highest BCUT2D eigenvalue weighted by Gasteiger charge is 2.37. The van der Waals surface area contributed by atoms with Gasteiger partial charge in [0.2, 0.25) is 0 Å². The minimum Gasteiger partial charge on any atom is -0.504 e. The third kappa shape index (κ3) is 1.87. The minimum absolute atomic E-state index is 0.0126. The monoisotopic (exact) mass is 249 g/mol. The van der Waals surface area contributed by atoms with Crippen molar-refractivity contribution in [2.24, 2.45) is 5.73 Å². The summed E-state index contributed by atoms with van der Waals surface area (Å²) in [5.74, 6) is 0.887. The van der Waals surface area contributed by atoms with Gasteiger partial charge >= 0.3 is 0 Å². The quantitative estimate of drug-likeness (QED) is 0.866. The van der Waals surface area contributed by atoms with Gasteiger partial charge in [-0.2, -0.15) is 0 Å². The first kappa shape index (κ1) is 13.2. The molecule has 1 aliphatic rings. The summed E-state index contributed by atoms with van der Waals surface area (Å²) in [6.07, 6.45) is 4.58. The zero-order valence-corrected chi connectivity index (χ0v) is 11.5. The molecular weight excluding hydrogens is 226 g/mol. The van der Waals surface area contributed by atoms with Gasteiger partial charge in [0, 0.05) is 17.5 Å². The van der Waals surface area contributed by atoms with Crippen LogP contribution in [0.25, 0.3) is 0 Å². The topological polar surface area (TPSA) is 55.5 Å². The van der Waals surface area contributed by atoms with Crippen molar-refractivity contribution in [3.05, 3.63) is 22.8 Å². The van der Waals surface area contributed by atoms with Gasteiger partial charge in [0.05, 0.1) is 7.11 Å². The van der Waals surface area contributed by atoms with Gasteiger partial charge in [-0.15, -0.1) is 0 Å². The van der Waals surface area contributed by atoms with Crippen LogP contribution in [-0.4, -0.2) is 18.8 Å². The van der Waals surface area contributed by atoms with Gasteiger partial charge in [-0.1, -0.05) is 18.9 Å². The van der Waals surface area contributed by atoms with Gasteiger partial charge in [0.25, 0.3) is 0 Å². The fraction of sp³-hybridized carbons (Fsp3) is 0.600. The number of aryl methyl sites for hydroxylation is 1. The molecule has 3 nitrogen and oxygen atoms in total. The number of hydrogen-bond donors (Lipinski definition) is 2. The van der Waals surface area contributed by atoms with Gasteiger partial charge < -0.3 is 15.6 Å². The van der Waals surface area contributed by atoms with Crippen LogP contribution in [-0.2, 0) is 5.41 Å². The molecule has 0 heterocycles. The molecule has 1 saturated carbocycles. The van der Waals surface area contributed by atoms with Crippen molar-refractivity contribution in [3.63, 3.8) is 0 Å². The maximum Gasteiger partial charge on any atom is 0.164 e. The van der Waals surface area contributed by atoms with Crippen molar-refractivity contribution in [1.82, 2.24) is 0 Å². The standard InChI is InChI=1S/C15H23NO2/c1-10-8-12(14(18-3)13(17)11(10)2)15(9-16)6-4-5-7-15/h8,17H,4-7,9,16H2,1-3H3. The first-order valence-corrected chi connectivity index (χ1v) is 6.63. The van der Waals surface area contributed by atoms with Crippen LogP contribution >= 0.6 is 0 Å². The lowest BCUT2D eigenvalue weighted by Gasteiger charge is -2.30. The number of phenols is 1. The number of benzene rings is 1. The van der Waals surface area contributed by atoms with Crippen molar-refractivity contribution in [2.45, 2.75) is 44.9 Å². The summed E-state index contributed by atoms with van der Waals surface area (Å²) < 4.78 is 5.45. The van der Waals surface area contributed by atoms with Crippen molar-refractivity contribution in [3.8, 4) is 11.5 Å². The van der Waals surface area contributed by atoms with E-state index in [0.717, 1.165) is 29.5 Å². The van der Waals surface area contributed by atoms with Crippen molar-refractivity contribution in [2.75, 3.05) is 13.7 Å². The Hall–Kier alpha value is -1.22. The molecule has 18 heavy (non-hydrogen) atoms. The molecule has 1 fully saturated rings. The van der Waals surface area contributed by atoms with Gasteiger partial charge in [0.15, 0.2) is 11.5 Å². The van der Waals surface area contributed by atoms with E-state index in [2.05, 4.69) is 6.07 Å². The molecule has 0 atom stereocenters. The van der Waals surface area contributed by atoms with Gasteiger partial charge in [0.1, 0.15) is 0 Å². The summed E-state index contributed by atoms with van der Waals surface area (Å²) in [5.41, 5.74) is 9.09. The Kier molecular flexibility index (Phi) is 3.53. The molecule has 0 aliphatic heterocycles. The summed E-state index contributed by atoms with van der Waals surface area (Å²) in [4.78, 5) is 0. The Bertz CT molecular complexity index is 448. The second kappa shape index (κ2) is 4.81. The van der Waals surface area contributed by atoms with Crippen LogP contribution in [0.1, 0.15) is 42.4 Å². The molecule has 0 amide bonds. The number of methoxy groups -OCH3 is 1. The third-order valence-electron chi connectivity index (χ3n) is 4.49. The zero-order chi connectivity index (χ0) is 13.3. The highest BCUT2D eigenvalue weighted by atomic mass is 16.5. The molecule has 1 aromatic rings. The molecule has 0 radical (unpaired) electrons. The molecule has 0 bridgehead atoms. The van der Waals surface area contributed by atoms with Crippen LogP contribution in [0.4, 0.5) is 0 Å². The number of ether oxygens (including phenoxy) is 1. The smallest absolute Gasteiger partial charge is 0.164 e. The normalized spacial score (nSPS) is 18.0. The molecule has 100 valence electrons. The van der Waals surface area contributed by atoms with E-state index >= 15 is 0 Å². The minimum atomic E-state index is -0.0126. The molecule has 1 aliphatic carbocycles. The van der Waals surface area contributed by atoms with E-state index in [1.165, 1.54) is 12.8 Å². The van der Waals surface area contributed by atoms with E-state index in [1.54, 1.807) is 7.11 Å². The second-order valence-corrected chi connectivity index (χ2v) is 5.44. The van der Waals surface area contributed by atoms with Crippen molar-refractivity contribution >= 4 is 0 Å². The lowest BCUT2D eigenvalue weighted by molar-refractivity contribution is 0.347. The molecule has 0 aromatic heterocycles. The number of rotatable bonds is 3. The van der Waals surface area contributed by atoms with E-state index in [9.17, 15) is 5.11 Å². The summed E-state index contributed by atoms with van der Waals surface area (Å²) in [6.45, 7) is 4.56. The second-order valence-electron chi connectivity index (χ2n) is 5.44. The van der Waals surface area contributed by atoms with Gasteiger partial charge in [-0.25, -0.2) is 0 Å². The van der Waals surface area contributed by atoms with Crippen LogP contribution < -0.4 is 10.5 Å². The van der Waals surface area contributed by atoms with E-state index in [0.29, 0.717) is 12.3 Å². The highest BCUT2D eigenvalue weighted by Crippen LogP contribution is 2.48. The Morgan fingerprint density at radius 2 is 1.94 bits per heavy atom. The Morgan fingerprint density at radius 3 is 2.44 bits per heavy atom. The molecule has 2 rings (SSSR count). The van der Waals surface area contributed by atoms with E-state index in [4.69, 9.17) is 10.5 Å². The molecule has 1 aromatic carbocycles. The molecule has 0 spiro atoms. The lowest BCUT2D eigenvalue weighted by Crippen LogP contribution is -2.32. The molecule has 3 N–H and O–H groups in total. The molecule has 0 unspecified atom stereocenters. The maximum atomic E-state index is 10.3. The average molecular weight is 249 g/mol. The predicted octanol–water partition coefficient (Wildman–Crippen LogP) is 2.79. The van der Waals surface area contributed by atoms with Crippen molar-refractivity contribution in [1.29, 1.82) is 0 Å². The Labute approximate surface area is 109 Å². The van der Waals surface area contributed by atoms with Crippen LogP contribution in [0, 0.1) is 13.8 Å². The van der Waals surface area contributed by atoms with E-state index < -0.39 is 0 Å². The van der Waals surface area contributed by atoms with E-state index in [-0.39, 0.29) is 11.2 Å². The first-order valence-electron chi connectivity index (χ1n) is 6.63. The zero-order valence-electron chi connectivity index (χ0n) is 11.5. The van der Waals surface area contributed by atoms with Gasteiger partial charge in [-0.3, -0.25) is 0 Å². The van der Waals surface area contributed by atoms with Crippen LogP contribution in [0.2, 0.25) is 0 Å². The predicted molar refractivity (Wildman–Crippen MR) is 73.3 cm³/mol. The van der Waals surface area contributed by atoms with E-state index in [1.807, 2.05) is 13.8 Å². The number of phenolic OH excluding ortho intramolecular Hbond substituents is 1. The van der Waals surface area contributed by atoms with Crippen molar-refractivity contribution < 1.29 is 9.84 Å². The fourth-order valence-corrected chi connectivity index (χ4v) is 3.11. The van der Waals surface area contributed by atoms with Crippen LogP contribution in [0.3, 0.4) is 0 Å². The Morgan fingerprint density at radius 1 is 1.33 bits per heavy atom. The van der Waals surface area contributed by atoms with Crippen LogP contribution in [0.5, 0.6) is 11.5 Å². The summed E-state index contributed by atoms with van der Waals surface area (Å²) >= 11 is 0. The molecular formula is C15H23NO2. The largest absolute Gasteiger partial charge is 0.504 e. The molecule has 0 saturated heterocycles. The van der Waals surface area contributed by atoms with Crippen LogP contribution in [0.15, 0.2) is 6.07 Å². The lowest BCUT2D eigenvalue weighted by atomic mass is 9.77. The molecule has 3 heteroatoms. The fourth-order valence-electron chi connectivity index (χ4n) is 3.11. The Balaban J connectivity index is 2.62. The average Bonchev–Trinajstić information content (AvgIpc) is 2.85. The number of hydrogen-bond acceptors (Lipinski definition) is 3. The summed E-state index contributed by atoms with van der Waals surface area (Å²) in [6, 6.07) is 2.14. The third-order valence-corrected chi connectivity index (χ3v) is 4.49.